The van der Waals surface area contributed by atoms with Crippen molar-refractivity contribution in [2.24, 2.45) is 0 Å². The minimum atomic E-state index is -0.0448. The van der Waals surface area contributed by atoms with Crippen LogP contribution in [0.2, 0.25) is 0 Å². The smallest absolute Gasteiger partial charge is 0.251 e. The van der Waals surface area contributed by atoms with Crippen LogP contribution in [0.4, 0.5) is 0 Å². The SMILES string of the molecule is Cc1cccc(C(=O)NCCc2nc3ccccc3n2Cc2c(C)cc(C)cc2C)c1. The summed E-state index contributed by atoms with van der Waals surface area (Å²) < 4.78 is 2.29. The first kappa shape index (κ1) is 20.9. The van der Waals surface area contributed by atoms with Crippen LogP contribution >= 0.6 is 0 Å². The molecule has 0 saturated carbocycles. The minimum Gasteiger partial charge on any atom is -0.352 e. The molecule has 0 aliphatic carbocycles. The average molecular weight is 412 g/mol. The third kappa shape index (κ3) is 4.53. The number of nitrogens with one attached hydrogen (secondary N) is 1. The van der Waals surface area contributed by atoms with E-state index in [0.717, 1.165) is 29.0 Å². The van der Waals surface area contributed by atoms with Gasteiger partial charge in [0.05, 0.1) is 11.0 Å². The predicted molar refractivity (Wildman–Crippen MR) is 127 cm³/mol. The van der Waals surface area contributed by atoms with Crippen LogP contribution in [0.25, 0.3) is 11.0 Å². The van der Waals surface area contributed by atoms with E-state index in [1.807, 2.05) is 37.3 Å². The third-order valence-corrected chi connectivity index (χ3v) is 5.80. The largest absolute Gasteiger partial charge is 0.352 e. The van der Waals surface area contributed by atoms with Crippen LogP contribution < -0.4 is 5.32 Å². The number of hydrogen-bond donors (Lipinski definition) is 1. The van der Waals surface area contributed by atoms with Crippen molar-refractivity contribution in [2.75, 3.05) is 6.54 Å². The Kier molecular flexibility index (Phi) is 5.90. The van der Waals surface area contributed by atoms with Gasteiger partial charge in [-0.15, -0.1) is 0 Å². The van der Waals surface area contributed by atoms with Crippen LogP contribution in [0.5, 0.6) is 0 Å². The average Bonchev–Trinajstić information content (AvgIpc) is 3.07. The highest BCUT2D eigenvalue weighted by molar-refractivity contribution is 5.94. The molecule has 0 radical (unpaired) electrons. The van der Waals surface area contributed by atoms with Gasteiger partial charge in [-0.05, 0) is 68.7 Å². The molecule has 4 aromatic rings. The molecule has 0 aliphatic rings. The normalized spacial score (nSPS) is 11.1. The Balaban J connectivity index is 1.58. The van der Waals surface area contributed by atoms with Crippen LogP contribution in [0.15, 0.2) is 60.7 Å². The van der Waals surface area contributed by atoms with Crippen LogP contribution in [-0.2, 0) is 13.0 Å². The van der Waals surface area contributed by atoms with Crippen LogP contribution in [-0.4, -0.2) is 22.0 Å². The Morgan fingerprint density at radius 2 is 1.65 bits per heavy atom. The zero-order chi connectivity index (χ0) is 22.0. The zero-order valence-electron chi connectivity index (χ0n) is 18.7. The fourth-order valence-electron chi connectivity index (χ4n) is 4.29. The molecule has 3 aromatic carbocycles. The molecular formula is C27H29N3O. The quantitative estimate of drug-likeness (QED) is 0.469. The van der Waals surface area contributed by atoms with E-state index in [0.29, 0.717) is 18.5 Å². The summed E-state index contributed by atoms with van der Waals surface area (Å²) in [5.74, 6) is 0.946. The summed E-state index contributed by atoms with van der Waals surface area (Å²) in [7, 11) is 0. The summed E-state index contributed by atoms with van der Waals surface area (Å²) in [5, 5.41) is 3.05. The van der Waals surface area contributed by atoms with Gasteiger partial charge in [0, 0.05) is 25.1 Å². The van der Waals surface area contributed by atoms with E-state index in [1.54, 1.807) is 0 Å². The number of rotatable bonds is 6. The molecule has 1 heterocycles. The number of benzene rings is 3. The van der Waals surface area contributed by atoms with Crippen LogP contribution in [0.1, 0.15) is 44.0 Å². The number of aromatic nitrogens is 2. The summed E-state index contributed by atoms with van der Waals surface area (Å²) in [6.45, 7) is 9.81. The molecule has 4 nitrogen and oxygen atoms in total. The van der Waals surface area contributed by atoms with Gasteiger partial charge >= 0.3 is 0 Å². The van der Waals surface area contributed by atoms with Gasteiger partial charge in [0.2, 0.25) is 0 Å². The molecule has 0 fully saturated rings. The summed E-state index contributed by atoms with van der Waals surface area (Å²) in [5.41, 5.74) is 9.11. The molecule has 0 spiro atoms. The van der Waals surface area contributed by atoms with Crippen molar-refractivity contribution >= 4 is 16.9 Å². The lowest BCUT2D eigenvalue weighted by molar-refractivity contribution is 0.0954. The second-order valence-corrected chi connectivity index (χ2v) is 8.36. The zero-order valence-corrected chi connectivity index (χ0v) is 18.7. The van der Waals surface area contributed by atoms with Crippen molar-refractivity contribution in [3.05, 3.63) is 99.9 Å². The first-order chi connectivity index (χ1) is 14.9. The molecule has 4 rings (SSSR count). The number of amides is 1. The highest BCUT2D eigenvalue weighted by Gasteiger charge is 2.14. The van der Waals surface area contributed by atoms with Crippen molar-refractivity contribution < 1.29 is 4.79 Å². The summed E-state index contributed by atoms with van der Waals surface area (Å²) >= 11 is 0. The fourth-order valence-corrected chi connectivity index (χ4v) is 4.29. The van der Waals surface area contributed by atoms with Gasteiger partial charge in [0.25, 0.3) is 5.91 Å². The van der Waals surface area contributed by atoms with Crippen molar-refractivity contribution in [1.29, 1.82) is 0 Å². The summed E-state index contributed by atoms with van der Waals surface area (Å²) in [4.78, 5) is 17.4. The molecule has 0 atom stereocenters. The van der Waals surface area contributed by atoms with Crippen molar-refractivity contribution in [3.63, 3.8) is 0 Å². The maximum absolute atomic E-state index is 12.5. The Labute approximate surface area is 183 Å². The lowest BCUT2D eigenvalue weighted by Gasteiger charge is -2.15. The first-order valence-electron chi connectivity index (χ1n) is 10.8. The lowest BCUT2D eigenvalue weighted by Crippen LogP contribution is -2.26. The molecular weight excluding hydrogens is 382 g/mol. The molecule has 0 bridgehead atoms. The number of carbonyl (C=O) groups is 1. The monoisotopic (exact) mass is 411 g/mol. The third-order valence-electron chi connectivity index (χ3n) is 5.80. The van der Waals surface area contributed by atoms with E-state index in [1.165, 1.54) is 22.3 Å². The highest BCUT2D eigenvalue weighted by atomic mass is 16.1. The number of carbonyl (C=O) groups excluding carboxylic acids is 1. The minimum absolute atomic E-state index is 0.0448. The molecule has 0 aliphatic heterocycles. The second-order valence-electron chi connectivity index (χ2n) is 8.36. The topological polar surface area (TPSA) is 46.9 Å². The van der Waals surface area contributed by atoms with E-state index in [4.69, 9.17) is 4.98 Å². The van der Waals surface area contributed by atoms with Gasteiger partial charge in [-0.1, -0.05) is 47.5 Å². The second kappa shape index (κ2) is 8.76. The van der Waals surface area contributed by atoms with Gasteiger partial charge < -0.3 is 9.88 Å². The molecule has 0 unspecified atom stereocenters. The maximum Gasteiger partial charge on any atom is 0.251 e. The first-order valence-corrected chi connectivity index (χ1v) is 10.8. The Morgan fingerprint density at radius 1 is 0.903 bits per heavy atom. The fraction of sp³-hybridized carbons (Fsp3) is 0.259. The van der Waals surface area contributed by atoms with Crippen LogP contribution in [0.3, 0.4) is 0 Å². The van der Waals surface area contributed by atoms with Crippen molar-refractivity contribution in [2.45, 2.75) is 40.7 Å². The Bertz CT molecular complexity index is 1230. The van der Waals surface area contributed by atoms with Gasteiger partial charge in [0.15, 0.2) is 0 Å². The number of fused-ring (bicyclic) bond motifs is 1. The lowest BCUT2D eigenvalue weighted by atomic mass is 9.99. The van der Waals surface area contributed by atoms with Gasteiger partial charge in [-0.25, -0.2) is 4.98 Å². The molecule has 0 saturated heterocycles. The van der Waals surface area contributed by atoms with Gasteiger partial charge in [0.1, 0.15) is 5.82 Å². The number of imidazole rings is 1. The maximum atomic E-state index is 12.5. The Morgan fingerprint density at radius 3 is 2.39 bits per heavy atom. The van der Waals surface area contributed by atoms with E-state index in [9.17, 15) is 4.79 Å². The van der Waals surface area contributed by atoms with Crippen molar-refractivity contribution in [3.8, 4) is 0 Å². The van der Waals surface area contributed by atoms with E-state index in [-0.39, 0.29) is 5.91 Å². The highest BCUT2D eigenvalue weighted by Crippen LogP contribution is 2.22. The summed E-state index contributed by atoms with van der Waals surface area (Å²) in [6.07, 6.45) is 0.677. The molecule has 1 amide bonds. The number of para-hydroxylation sites is 2. The number of nitrogens with zero attached hydrogens (tertiary/aromatic N) is 2. The van der Waals surface area contributed by atoms with Gasteiger partial charge in [-0.3, -0.25) is 4.79 Å². The van der Waals surface area contributed by atoms with Crippen molar-refractivity contribution in [1.82, 2.24) is 14.9 Å². The molecule has 4 heteroatoms. The van der Waals surface area contributed by atoms with E-state index < -0.39 is 0 Å². The molecule has 1 aromatic heterocycles. The van der Waals surface area contributed by atoms with Crippen LogP contribution in [0, 0.1) is 27.7 Å². The predicted octanol–water partition coefficient (Wildman–Crippen LogP) is 5.29. The molecule has 158 valence electrons. The Hall–Kier alpha value is -3.40. The van der Waals surface area contributed by atoms with Gasteiger partial charge in [-0.2, -0.15) is 0 Å². The van der Waals surface area contributed by atoms with E-state index in [2.05, 4.69) is 61.0 Å². The van der Waals surface area contributed by atoms with E-state index >= 15 is 0 Å². The summed E-state index contributed by atoms with van der Waals surface area (Å²) in [6, 6.07) is 20.4. The molecule has 1 N–H and O–H groups in total. The number of aryl methyl sites for hydroxylation is 4. The number of hydrogen-bond acceptors (Lipinski definition) is 2. The standard InChI is InChI=1S/C27H29N3O/c1-18-8-7-9-22(16-18)27(31)28-13-12-26-29-24-10-5-6-11-25(24)30(26)17-23-20(3)14-19(2)15-21(23)4/h5-11,14-16H,12-13,17H2,1-4H3,(H,28,31). The molecule has 31 heavy (non-hydrogen) atoms.